The van der Waals surface area contributed by atoms with Crippen LogP contribution in [0.15, 0.2) is 17.4 Å². The molecular formula is C21H41N7. The molecule has 7 nitrogen and oxygen atoms in total. The molecule has 1 aliphatic rings. The Labute approximate surface area is 171 Å². The topological polar surface area (TPSA) is 60.7 Å². The van der Waals surface area contributed by atoms with Gasteiger partial charge in [0.05, 0.1) is 12.2 Å². The summed E-state index contributed by atoms with van der Waals surface area (Å²) in [4.78, 5) is 9.34. The van der Waals surface area contributed by atoms with Crippen molar-refractivity contribution < 1.29 is 0 Å². The van der Waals surface area contributed by atoms with E-state index in [0.717, 1.165) is 19.0 Å². The van der Waals surface area contributed by atoms with Gasteiger partial charge in [0.1, 0.15) is 0 Å². The number of guanidine groups is 1. The number of aromatic nitrogens is 2. The first-order valence-corrected chi connectivity index (χ1v) is 10.8. The van der Waals surface area contributed by atoms with Gasteiger partial charge in [0.25, 0.3) is 0 Å². The number of aryl methyl sites for hydroxylation is 1. The highest BCUT2D eigenvalue weighted by molar-refractivity contribution is 5.79. The maximum atomic E-state index is 4.45. The van der Waals surface area contributed by atoms with Crippen molar-refractivity contribution in [3.8, 4) is 0 Å². The molecule has 2 rings (SSSR count). The molecule has 7 heteroatoms. The van der Waals surface area contributed by atoms with Gasteiger partial charge < -0.3 is 15.5 Å². The fourth-order valence-electron chi connectivity index (χ4n) is 4.04. The molecule has 1 fully saturated rings. The van der Waals surface area contributed by atoms with Gasteiger partial charge in [-0.3, -0.25) is 14.6 Å². The van der Waals surface area contributed by atoms with Crippen molar-refractivity contribution in [1.82, 2.24) is 30.2 Å². The van der Waals surface area contributed by atoms with E-state index in [1.807, 2.05) is 25.0 Å². The van der Waals surface area contributed by atoms with Gasteiger partial charge in [-0.05, 0) is 45.9 Å². The van der Waals surface area contributed by atoms with E-state index in [-0.39, 0.29) is 6.04 Å². The summed E-state index contributed by atoms with van der Waals surface area (Å²) in [6, 6.07) is 0.790. The molecule has 0 radical (unpaired) electrons. The molecule has 28 heavy (non-hydrogen) atoms. The van der Waals surface area contributed by atoms with Gasteiger partial charge in [0.2, 0.25) is 0 Å². The van der Waals surface area contributed by atoms with Crippen LogP contribution in [0, 0.1) is 5.92 Å². The lowest BCUT2D eigenvalue weighted by Gasteiger charge is -2.34. The number of likely N-dealkylation sites (tertiary alicyclic amines) is 1. The van der Waals surface area contributed by atoms with E-state index < -0.39 is 0 Å². The summed E-state index contributed by atoms with van der Waals surface area (Å²) in [5.74, 6) is 1.49. The van der Waals surface area contributed by atoms with Crippen LogP contribution in [0.5, 0.6) is 0 Å². The van der Waals surface area contributed by atoms with Crippen molar-refractivity contribution in [3.05, 3.63) is 18.0 Å². The molecule has 1 aromatic heterocycles. The molecule has 2 atom stereocenters. The summed E-state index contributed by atoms with van der Waals surface area (Å²) < 4.78 is 1.85. The fraction of sp³-hybridized carbons (Fsp3) is 0.810. The Hall–Kier alpha value is -1.60. The average molecular weight is 392 g/mol. The van der Waals surface area contributed by atoms with Crippen molar-refractivity contribution in [1.29, 1.82) is 0 Å². The van der Waals surface area contributed by atoms with Gasteiger partial charge in [-0.1, -0.05) is 26.7 Å². The standard InChI is InChI=1S/C21H41N7/c1-17(2)19(28-11-9-7-8-10-12-28)14-23-21(22-3)24-15-20(26(4)5)18-13-25-27(6)16-18/h13,16-17,19-20H,7-12,14-15H2,1-6H3,(H2,22,23,24). The number of nitrogens with zero attached hydrogens (tertiary/aromatic N) is 5. The Morgan fingerprint density at radius 2 is 1.79 bits per heavy atom. The monoisotopic (exact) mass is 391 g/mol. The Kier molecular flexibility index (Phi) is 9.25. The first kappa shape index (κ1) is 22.7. The van der Waals surface area contributed by atoms with Crippen LogP contribution >= 0.6 is 0 Å². The molecule has 0 aromatic carbocycles. The number of hydrogen-bond donors (Lipinski definition) is 2. The minimum Gasteiger partial charge on any atom is -0.355 e. The molecule has 0 bridgehead atoms. The number of likely N-dealkylation sites (N-methyl/N-ethyl adjacent to an activating group) is 1. The van der Waals surface area contributed by atoms with E-state index >= 15 is 0 Å². The second-order valence-corrected chi connectivity index (χ2v) is 8.52. The van der Waals surface area contributed by atoms with Gasteiger partial charge in [0.15, 0.2) is 5.96 Å². The fourth-order valence-corrected chi connectivity index (χ4v) is 4.04. The summed E-state index contributed by atoms with van der Waals surface area (Å²) in [5, 5.41) is 11.4. The summed E-state index contributed by atoms with van der Waals surface area (Å²) in [6.45, 7) is 8.82. The zero-order valence-corrected chi connectivity index (χ0v) is 18.8. The van der Waals surface area contributed by atoms with E-state index in [1.165, 1.54) is 44.3 Å². The van der Waals surface area contributed by atoms with E-state index in [0.29, 0.717) is 12.0 Å². The maximum absolute atomic E-state index is 4.45. The summed E-state index contributed by atoms with van der Waals surface area (Å²) in [7, 11) is 8.01. The molecular weight excluding hydrogens is 350 g/mol. The van der Waals surface area contributed by atoms with Crippen LogP contribution in [0.1, 0.15) is 51.1 Å². The van der Waals surface area contributed by atoms with Gasteiger partial charge in [-0.2, -0.15) is 5.10 Å². The van der Waals surface area contributed by atoms with Gasteiger partial charge >= 0.3 is 0 Å². The number of rotatable bonds is 8. The highest BCUT2D eigenvalue weighted by atomic mass is 15.3. The zero-order valence-electron chi connectivity index (χ0n) is 18.8. The van der Waals surface area contributed by atoms with E-state index in [1.54, 1.807) is 0 Å². The largest absolute Gasteiger partial charge is 0.355 e. The molecule has 0 amide bonds. The lowest BCUT2D eigenvalue weighted by molar-refractivity contribution is 0.161. The van der Waals surface area contributed by atoms with Crippen LogP contribution in [0.2, 0.25) is 0 Å². The van der Waals surface area contributed by atoms with E-state index in [4.69, 9.17) is 0 Å². The molecule has 1 aliphatic heterocycles. The molecule has 1 aromatic rings. The van der Waals surface area contributed by atoms with E-state index in [9.17, 15) is 0 Å². The van der Waals surface area contributed by atoms with Crippen LogP contribution < -0.4 is 10.6 Å². The third kappa shape index (κ3) is 6.78. The maximum Gasteiger partial charge on any atom is 0.191 e. The Bertz CT molecular complexity index is 585. The Morgan fingerprint density at radius 3 is 2.29 bits per heavy atom. The SMILES string of the molecule is CN=C(NCC(c1cnn(C)c1)N(C)C)NCC(C(C)C)N1CCCCCC1. The van der Waals surface area contributed by atoms with Crippen LogP contribution in [0.25, 0.3) is 0 Å². The minimum atomic E-state index is 0.249. The predicted octanol–water partition coefficient (Wildman–Crippen LogP) is 2.09. The van der Waals surface area contributed by atoms with Crippen molar-refractivity contribution in [2.24, 2.45) is 18.0 Å². The van der Waals surface area contributed by atoms with Crippen molar-refractivity contribution in [2.45, 2.75) is 51.6 Å². The zero-order chi connectivity index (χ0) is 20.5. The third-order valence-electron chi connectivity index (χ3n) is 5.78. The molecule has 0 spiro atoms. The highest BCUT2D eigenvalue weighted by Gasteiger charge is 2.23. The van der Waals surface area contributed by atoms with Crippen LogP contribution in [-0.4, -0.2) is 78.9 Å². The predicted molar refractivity (Wildman–Crippen MR) is 118 cm³/mol. The summed E-state index contributed by atoms with van der Waals surface area (Å²) >= 11 is 0. The second kappa shape index (κ2) is 11.4. The number of aliphatic imine (C=N–C) groups is 1. The molecule has 1 saturated heterocycles. The van der Waals surface area contributed by atoms with Gasteiger partial charge in [-0.25, -0.2) is 0 Å². The van der Waals surface area contributed by atoms with Crippen molar-refractivity contribution >= 4 is 5.96 Å². The lowest BCUT2D eigenvalue weighted by Crippen LogP contribution is -2.50. The van der Waals surface area contributed by atoms with Crippen molar-refractivity contribution in [2.75, 3.05) is 47.3 Å². The smallest absolute Gasteiger partial charge is 0.191 e. The normalized spacial score (nSPS) is 18.9. The Morgan fingerprint density at radius 1 is 1.14 bits per heavy atom. The molecule has 160 valence electrons. The first-order chi connectivity index (χ1) is 13.4. The van der Waals surface area contributed by atoms with Crippen LogP contribution in [-0.2, 0) is 7.05 Å². The first-order valence-electron chi connectivity index (χ1n) is 10.8. The summed E-state index contributed by atoms with van der Waals surface area (Å²) in [6.07, 6.45) is 9.42. The number of hydrogen-bond acceptors (Lipinski definition) is 4. The van der Waals surface area contributed by atoms with E-state index in [2.05, 4.69) is 64.7 Å². The Balaban J connectivity index is 1.91. The quantitative estimate of drug-likeness (QED) is 0.525. The average Bonchev–Trinajstić information content (AvgIpc) is 2.90. The van der Waals surface area contributed by atoms with Crippen LogP contribution in [0.4, 0.5) is 0 Å². The summed E-state index contributed by atoms with van der Waals surface area (Å²) in [5.41, 5.74) is 1.21. The van der Waals surface area contributed by atoms with Gasteiger partial charge in [0, 0.05) is 45.0 Å². The third-order valence-corrected chi connectivity index (χ3v) is 5.78. The number of nitrogens with one attached hydrogen (secondary N) is 2. The molecule has 2 heterocycles. The molecule has 0 saturated carbocycles. The second-order valence-electron chi connectivity index (χ2n) is 8.52. The van der Waals surface area contributed by atoms with Crippen molar-refractivity contribution in [3.63, 3.8) is 0 Å². The minimum absolute atomic E-state index is 0.249. The van der Waals surface area contributed by atoms with Crippen LogP contribution in [0.3, 0.4) is 0 Å². The lowest BCUT2D eigenvalue weighted by atomic mass is 10.0. The molecule has 2 N–H and O–H groups in total. The molecule has 0 aliphatic carbocycles. The molecule has 2 unspecified atom stereocenters. The highest BCUT2D eigenvalue weighted by Crippen LogP contribution is 2.18. The van der Waals surface area contributed by atoms with Gasteiger partial charge in [-0.15, -0.1) is 0 Å².